The lowest BCUT2D eigenvalue weighted by molar-refractivity contribution is -0.0440. The Morgan fingerprint density at radius 1 is 0.771 bits per heavy atom. The molecule has 0 N–H and O–H groups in total. The molecule has 1 aliphatic heterocycles. The summed E-state index contributed by atoms with van der Waals surface area (Å²) >= 11 is 3.73. The summed E-state index contributed by atoms with van der Waals surface area (Å²) in [6.07, 6.45) is 0. The standard InChI is InChI=1S/C29H26BrO4P/c1-19-10-14-22(15-11-19)35(31,23-16-12-20(2)13-17-23)25-18-24(32-21-8-6-5-7-9-21)27-28(26(25)30)34-29(3,4)33-27/h5-18H,1-4H3. The third kappa shape index (κ3) is 4.39. The van der Waals surface area contributed by atoms with Crippen molar-refractivity contribution in [1.82, 2.24) is 0 Å². The Bertz CT molecular complexity index is 1380. The Morgan fingerprint density at radius 2 is 1.29 bits per heavy atom. The molecule has 0 saturated carbocycles. The summed E-state index contributed by atoms with van der Waals surface area (Å²) < 4.78 is 34.4. The van der Waals surface area contributed by atoms with Crippen LogP contribution in [0.5, 0.6) is 23.0 Å². The largest absolute Gasteiger partial charge is 0.453 e. The van der Waals surface area contributed by atoms with Gasteiger partial charge in [-0.25, -0.2) is 0 Å². The molecular formula is C29H26BrO4P. The summed E-state index contributed by atoms with van der Waals surface area (Å²) in [4.78, 5) is 0. The van der Waals surface area contributed by atoms with Crippen molar-refractivity contribution in [2.45, 2.75) is 33.5 Å². The van der Waals surface area contributed by atoms with Gasteiger partial charge in [-0.1, -0.05) is 77.9 Å². The summed E-state index contributed by atoms with van der Waals surface area (Å²) in [6.45, 7) is 7.71. The molecule has 0 fully saturated rings. The fourth-order valence-electron chi connectivity index (χ4n) is 4.14. The number of hydrogen-bond acceptors (Lipinski definition) is 4. The number of para-hydroxylation sites is 1. The summed E-state index contributed by atoms with van der Waals surface area (Å²) in [5.74, 6) is 1.17. The monoisotopic (exact) mass is 548 g/mol. The second-order valence-corrected chi connectivity index (χ2v) is 12.7. The molecule has 5 rings (SSSR count). The average Bonchev–Trinajstić information content (AvgIpc) is 3.18. The van der Waals surface area contributed by atoms with E-state index in [1.807, 2.05) is 113 Å². The molecule has 0 saturated heterocycles. The van der Waals surface area contributed by atoms with Crippen LogP contribution in [0, 0.1) is 13.8 Å². The Morgan fingerprint density at radius 3 is 1.83 bits per heavy atom. The lowest BCUT2D eigenvalue weighted by Gasteiger charge is -2.23. The van der Waals surface area contributed by atoms with E-state index in [0.29, 0.717) is 32.8 Å². The van der Waals surface area contributed by atoms with Crippen LogP contribution < -0.4 is 30.1 Å². The maximum Gasteiger partial charge on any atom is 0.246 e. The molecule has 0 radical (unpaired) electrons. The smallest absolute Gasteiger partial charge is 0.246 e. The van der Waals surface area contributed by atoms with E-state index in [2.05, 4.69) is 15.9 Å². The zero-order valence-electron chi connectivity index (χ0n) is 20.0. The van der Waals surface area contributed by atoms with Crippen molar-refractivity contribution in [3.63, 3.8) is 0 Å². The number of halogens is 1. The first-order valence-electron chi connectivity index (χ1n) is 11.4. The van der Waals surface area contributed by atoms with Gasteiger partial charge in [-0.15, -0.1) is 0 Å². The van der Waals surface area contributed by atoms with Crippen LogP contribution in [0.2, 0.25) is 0 Å². The van der Waals surface area contributed by atoms with Gasteiger partial charge < -0.3 is 18.8 Å². The molecule has 0 aliphatic carbocycles. The molecule has 1 aliphatic rings. The van der Waals surface area contributed by atoms with Gasteiger partial charge in [0.2, 0.25) is 11.5 Å². The van der Waals surface area contributed by atoms with Crippen LogP contribution >= 0.6 is 23.1 Å². The van der Waals surface area contributed by atoms with E-state index in [1.54, 1.807) is 0 Å². The molecule has 0 spiro atoms. The van der Waals surface area contributed by atoms with Gasteiger partial charge in [-0.05, 0) is 48.0 Å². The van der Waals surface area contributed by atoms with Crippen molar-refractivity contribution in [1.29, 1.82) is 0 Å². The number of fused-ring (bicyclic) bond motifs is 1. The van der Waals surface area contributed by atoms with Crippen LogP contribution in [-0.4, -0.2) is 5.79 Å². The fraction of sp³-hybridized carbons (Fsp3) is 0.172. The summed E-state index contributed by atoms with van der Waals surface area (Å²) in [7, 11) is -3.32. The van der Waals surface area contributed by atoms with E-state index < -0.39 is 12.9 Å². The molecule has 1 heterocycles. The number of ether oxygens (including phenoxy) is 3. The molecule has 0 amide bonds. The molecule has 178 valence electrons. The van der Waals surface area contributed by atoms with Crippen molar-refractivity contribution in [3.8, 4) is 23.0 Å². The topological polar surface area (TPSA) is 44.8 Å². The van der Waals surface area contributed by atoms with Crippen molar-refractivity contribution in [2.24, 2.45) is 0 Å². The minimum Gasteiger partial charge on any atom is -0.453 e. The number of rotatable bonds is 5. The van der Waals surface area contributed by atoms with E-state index >= 15 is 4.57 Å². The highest BCUT2D eigenvalue weighted by molar-refractivity contribution is 9.10. The molecule has 0 atom stereocenters. The molecule has 0 bridgehead atoms. The summed E-state index contributed by atoms with van der Waals surface area (Å²) in [5, 5.41) is 2.06. The Balaban J connectivity index is 1.78. The second-order valence-electron chi connectivity index (χ2n) is 9.17. The normalized spacial score (nSPS) is 14.1. The molecule has 0 aromatic heterocycles. The molecular weight excluding hydrogens is 523 g/mol. The van der Waals surface area contributed by atoms with Gasteiger partial charge in [-0.2, -0.15) is 0 Å². The van der Waals surface area contributed by atoms with Gasteiger partial charge >= 0.3 is 0 Å². The first-order chi connectivity index (χ1) is 16.7. The fourth-order valence-corrected chi connectivity index (χ4v) is 7.93. The van der Waals surface area contributed by atoms with Crippen LogP contribution in [0.25, 0.3) is 0 Å². The van der Waals surface area contributed by atoms with Crippen LogP contribution in [0.15, 0.2) is 89.4 Å². The Hall–Kier alpha value is -3.01. The molecule has 4 aromatic rings. The highest BCUT2D eigenvalue weighted by Gasteiger charge is 2.41. The number of hydrogen-bond donors (Lipinski definition) is 0. The van der Waals surface area contributed by atoms with Gasteiger partial charge in [0.1, 0.15) is 5.75 Å². The molecule has 35 heavy (non-hydrogen) atoms. The maximum atomic E-state index is 15.2. The minimum atomic E-state index is -3.32. The highest BCUT2D eigenvalue weighted by atomic mass is 79.9. The number of aryl methyl sites for hydroxylation is 2. The van der Waals surface area contributed by atoms with Gasteiger partial charge in [0.05, 0.1) is 4.47 Å². The van der Waals surface area contributed by atoms with Crippen molar-refractivity contribution >= 4 is 39.0 Å². The zero-order valence-corrected chi connectivity index (χ0v) is 22.5. The first kappa shape index (κ1) is 23.7. The van der Waals surface area contributed by atoms with Crippen molar-refractivity contribution in [3.05, 3.63) is 101 Å². The SMILES string of the molecule is Cc1ccc(P(=O)(c2ccc(C)cc2)c2cc(Oc3ccccc3)c3c(c2Br)OC(C)(C)O3)cc1. The van der Waals surface area contributed by atoms with Crippen molar-refractivity contribution in [2.75, 3.05) is 0 Å². The predicted molar refractivity (Wildman–Crippen MR) is 145 cm³/mol. The molecule has 6 heteroatoms. The summed E-state index contributed by atoms with van der Waals surface area (Å²) in [5.41, 5.74) is 2.20. The maximum absolute atomic E-state index is 15.2. The lowest BCUT2D eigenvalue weighted by Crippen LogP contribution is -2.30. The number of benzene rings is 4. The quantitative estimate of drug-likeness (QED) is 0.252. The predicted octanol–water partition coefficient (Wildman–Crippen LogP) is 7.00. The van der Waals surface area contributed by atoms with Gasteiger partial charge in [0.25, 0.3) is 0 Å². The van der Waals surface area contributed by atoms with Crippen LogP contribution in [0.1, 0.15) is 25.0 Å². The van der Waals surface area contributed by atoms with Gasteiger partial charge in [-0.3, -0.25) is 0 Å². The second kappa shape index (κ2) is 8.89. The molecule has 4 aromatic carbocycles. The van der Waals surface area contributed by atoms with Crippen molar-refractivity contribution < 1.29 is 18.8 Å². The Kier molecular flexibility index (Phi) is 6.03. The van der Waals surface area contributed by atoms with Gasteiger partial charge in [0, 0.05) is 29.8 Å². The van der Waals surface area contributed by atoms with E-state index in [-0.39, 0.29) is 0 Å². The summed E-state index contributed by atoms with van der Waals surface area (Å²) in [6, 6.07) is 27.0. The molecule has 4 nitrogen and oxygen atoms in total. The van der Waals surface area contributed by atoms with Crippen LogP contribution in [0.3, 0.4) is 0 Å². The Labute approximate surface area is 214 Å². The van der Waals surface area contributed by atoms with E-state index in [0.717, 1.165) is 21.7 Å². The third-order valence-corrected chi connectivity index (χ3v) is 10.1. The highest BCUT2D eigenvalue weighted by Crippen LogP contribution is 2.55. The van der Waals surface area contributed by atoms with Gasteiger partial charge in [0.15, 0.2) is 18.6 Å². The average molecular weight is 549 g/mol. The van der Waals surface area contributed by atoms with E-state index in [1.165, 1.54) is 0 Å². The third-order valence-electron chi connectivity index (χ3n) is 5.92. The van der Waals surface area contributed by atoms with Crippen LogP contribution in [0.4, 0.5) is 0 Å². The zero-order chi connectivity index (χ0) is 24.8. The molecule has 0 unspecified atom stereocenters. The first-order valence-corrected chi connectivity index (χ1v) is 13.9. The van der Waals surface area contributed by atoms with E-state index in [9.17, 15) is 0 Å². The lowest BCUT2D eigenvalue weighted by atomic mass is 10.2. The van der Waals surface area contributed by atoms with Crippen LogP contribution in [-0.2, 0) is 4.57 Å². The van der Waals surface area contributed by atoms with E-state index in [4.69, 9.17) is 14.2 Å². The minimum absolute atomic E-state index is 0.453.